The van der Waals surface area contributed by atoms with Crippen molar-refractivity contribution in [2.45, 2.75) is 26.7 Å². The van der Waals surface area contributed by atoms with Gasteiger partial charge in [0.1, 0.15) is 0 Å². The average Bonchev–Trinajstić information content (AvgIpc) is 1.97. The van der Waals surface area contributed by atoms with Gasteiger partial charge in [-0.2, -0.15) is 0 Å². The lowest BCUT2D eigenvalue weighted by Crippen LogP contribution is -2.24. The van der Waals surface area contributed by atoms with E-state index in [0.717, 1.165) is 26.0 Å². The van der Waals surface area contributed by atoms with E-state index in [1.165, 1.54) is 0 Å². The Morgan fingerprint density at radius 1 is 1.40 bits per heavy atom. The highest BCUT2D eigenvalue weighted by Gasteiger charge is 1.91. The number of nitrogens with one attached hydrogen (secondary N) is 1. The largest absolute Gasteiger partial charge is 0.471 e. The molecule has 0 unspecified atom stereocenters. The van der Waals surface area contributed by atoms with Gasteiger partial charge in [-0.3, -0.25) is 0 Å². The van der Waals surface area contributed by atoms with Gasteiger partial charge in [0.25, 0.3) is 5.17 Å². The second kappa shape index (κ2) is 6.81. The fourth-order valence-electron chi connectivity index (χ4n) is 0.473. The van der Waals surface area contributed by atoms with Gasteiger partial charge in [-0.05, 0) is 25.1 Å². The molecular weight excluding hydrogens is 146 g/mol. The average molecular weight is 161 g/mol. The third-order valence-electron chi connectivity index (χ3n) is 0.957. The third-order valence-corrected chi connectivity index (χ3v) is 1.22. The maximum atomic E-state index is 5.11. The smallest absolute Gasteiger partial charge is 0.256 e. The summed E-state index contributed by atoms with van der Waals surface area (Å²) in [6.07, 6.45) is 2.09. The Morgan fingerprint density at radius 3 is 2.60 bits per heavy atom. The van der Waals surface area contributed by atoms with Gasteiger partial charge < -0.3 is 10.1 Å². The molecule has 0 aliphatic rings. The quantitative estimate of drug-likeness (QED) is 0.634. The summed E-state index contributed by atoms with van der Waals surface area (Å²) in [4.78, 5) is 0. The standard InChI is InChI=1S/C7H15NOS/c1-3-5-8-7(10)9-6-4-2/h3-6H2,1-2H3,(H,8,10). The SMILES string of the molecule is CCCNC(=S)OCCC. The predicted molar refractivity (Wildman–Crippen MR) is 47.1 cm³/mol. The van der Waals surface area contributed by atoms with Gasteiger partial charge >= 0.3 is 0 Å². The Bertz CT molecular complexity index is 85.6. The summed E-state index contributed by atoms with van der Waals surface area (Å²) in [6, 6.07) is 0. The zero-order chi connectivity index (χ0) is 7.82. The minimum atomic E-state index is 0.531. The summed E-state index contributed by atoms with van der Waals surface area (Å²) in [6.45, 7) is 5.77. The van der Waals surface area contributed by atoms with E-state index < -0.39 is 0 Å². The van der Waals surface area contributed by atoms with E-state index in [-0.39, 0.29) is 0 Å². The Labute approximate surface area is 68.0 Å². The molecule has 0 amide bonds. The Kier molecular flexibility index (Phi) is 6.59. The van der Waals surface area contributed by atoms with Crippen molar-refractivity contribution in [3.05, 3.63) is 0 Å². The second-order valence-corrected chi connectivity index (χ2v) is 2.43. The summed E-state index contributed by atoms with van der Waals surface area (Å²) in [5.41, 5.74) is 0. The number of hydrogen-bond acceptors (Lipinski definition) is 2. The summed E-state index contributed by atoms with van der Waals surface area (Å²) in [5.74, 6) is 0. The summed E-state index contributed by atoms with van der Waals surface area (Å²) in [7, 11) is 0. The van der Waals surface area contributed by atoms with Crippen LogP contribution < -0.4 is 5.32 Å². The van der Waals surface area contributed by atoms with E-state index in [0.29, 0.717) is 5.17 Å². The first-order valence-corrected chi connectivity index (χ1v) is 4.12. The molecule has 3 heteroatoms. The fourth-order valence-corrected chi connectivity index (χ4v) is 0.658. The molecule has 0 aliphatic carbocycles. The molecule has 60 valence electrons. The maximum absolute atomic E-state index is 5.11. The first kappa shape index (κ1) is 9.69. The predicted octanol–water partition coefficient (Wildman–Crippen LogP) is 1.70. The molecule has 0 heterocycles. The lowest BCUT2D eigenvalue weighted by molar-refractivity contribution is 0.298. The van der Waals surface area contributed by atoms with Crippen LogP contribution in [-0.2, 0) is 4.74 Å². The van der Waals surface area contributed by atoms with E-state index >= 15 is 0 Å². The summed E-state index contributed by atoms with van der Waals surface area (Å²) in [5, 5.41) is 3.51. The molecule has 0 aromatic carbocycles. The molecule has 0 spiro atoms. The van der Waals surface area contributed by atoms with E-state index in [1.807, 2.05) is 0 Å². The van der Waals surface area contributed by atoms with Crippen molar-refractivity contribution in [3.8, 4) is 0 Å². The molecule has 0 aromatic heterocycles. The van der Waals surface area contributed by atoms with Gasteiger partial charge in [0.2, 0.25) is 0 Å². The van der Waals surface area contributed by atoms with E-state index in [9.17, 15) is 0 Å². The van der Waals surface area contributed by atoms with Crippen molar-refractivity contribution >= 4 is 17.4 Å². The van der Waals surface area contributed by atoms with Crippen LogP contribution in [0.2, 0.25) is 0 Å². The van der Waals surface area contributed by atoms with E-state index in [2.05, 4.69) is 19.2 Å². The second-order valence-electron chi connectivity index (χ2n) is 2.06. The summed E-state index contributed by atoms with van der Waals surface area (Å²) < 4.78 is 5.11. The van der Waals surface area contributed by atoms with Crippen LogP contribution in [0.1, 0.15) is 26.7 Å². The number of hydrogen-bond donors (Lipinski definition) is 1. The monoisotopic (exact) mass is 161 g/mol. The molecule has 0 atom stereocenters. The minimum absolute atomic E-state index is 0.531. The highest BCUT2D eigenvalue weighted by molar-refractivity contribution is 7.80. The zero-order valence-electron chi connectivity index (χ0n) is 6.64. The van der Waals surface area contributed by atoms with Gasteiger partial charge in [-0.15, -0.1) is 0 Å². The van der Waals surface area contributed by atoms with E-state index in [4.69, 9.17) is 17.0 Å². The molecule has 1 N–H and O–H groups in total. The number of rotatable bonds is 4. The number of ether oxygens (including phenoxy) is 1. The fraction of sp³-hybridized carbons (Fsp3) is 0.857. The van der Waals surface area contributed by atoms with Gasteiger partial charge in [0.15, 0.2) is 0 Å². The van der Waals surface area contributed by atoms with Crippen molar-refractivity contribution in [1.82, 2.24) is 5.32 Å². The van der Waals surface area contributed by atoms with Crippen molar-refractivity contribution in [3.63, 3.8) is 0 Å². The van der Waals surface area contributed by atoms with Crippen LogP contribution in [-0.4, -0.2) is 18.3 Å². The molecule has 10 heavy (non-hydrogen) atoms. The van der Waals surface area contributed by atoms with Gasteiger partial charge in [-0.1, -0.05) is 13.8 Å². The minimum Gasteiger partial charge on any atom is -0.471 e. The molecule has 0 aromatic rings. The highest BCUT2D eigenvalue weighted by Crippen LogP contribution is 1.82. The van der Waals surface area contributed by atoms with Crippen LogP contribution in [0.5, 0.6) is 0 Å². The Balaban J connectivity index is 3.09. The van der Waals surface area contributed by atoms with Crippen molar-refractivity contribution < 1.29 is 4.74 Å². The number of thiocarbonyl (C=S) groups is 1. The van der Waals surface area contributed by atoms with Crippen molar-refractivity contribution in [1.29, 1.82) is 0 Å². The normalized spacial score (nSPS) is 9.00. The van der Waals surface area contributed by atoms with Crippen molar-refractivity contribution in [2.75, 3.05) is 13.2 Å². The van der Waals surface area contributed by atoms with Crippen LogP contribution in [0.25, 0.3) is 0 Å². The zero-order valence-corrected chi connectivity index (χ0v) is 7.46. The van der Waals surface area contributed by atoms with Crippen LogP contribution >= 0.6 is 12.2 Å². The molecule has 0 saturated heterocycles. The van der Waals surface area contributed by atoms with Crippen LogP contribution in [0.4, 0.5) is 0 Å². The topological polar surface area (TPSA) is 21.3 Å². The van der Waals surface area contributed by atoms with Crippen molar-refractivity contribution in [2.24, 2.45) is 0 Å². The first-order chi connectivity index (χ1) is 4.81. The lowest BCUT2D eigenvalue weighted by atomic mass is 10.5. The molecule has 0 aliphatic heterocycles. The van der Waals surface area contributed by atoms with Gasteiger partial charge in [0.05, 0.1) is 6.61 Å². The summed E-state index contributed by atoms with van der Waals surface area (Å²) >= 11 is 4.85. The maximum Gasteiger partial charge on any atom is 0.256 e. The van der Waals surface area contributed by atoms with Crippen LogP contribution in [0.15, 0.2) is 0 Å². The molecule has 0 fully saturated rings. The molecule has 0 rings (SSSR count). The van der Waals surface area contributed by atoms with Crippen LogP contribution in [0.3, 0.4) is 0 Å². The molecular formula is C7H15NOS. The molecule has 0 bridgehead atoms. The Hall–Kier alpha value is -0.310. The first-order valence-electron chi connectivity index (χ1n) is 3.71. The van der Waals surface area contributed by atoms with Crippen LogP contribution in [0, 0.1) is 0 Å². The Morgan fingerprint density at radius 2 is 2.10 bits per heavy atom. The van der Waals surface area contributed by atoms with E-state index in [1.54, 1.807) is 0 Å². The molecule has 0 saturated carbocycles. The third kappa shape index (κ3) is 5.82. The lowest BCUT2D eigenvalue weighted by Gasteiger charge is -2.06. The molecule has 0 radical (unpaired) electrons. The highest BCUT2D eigenvalue weighted by atomic mass is 32.1. The van der Waals surface area contributed by atoms with Gasteiger partial charge in [0, 0.05) is 6.54 Å². The molecule has 2 nitrogen and oxygen atoms in total. The van der Waals surface area contributed by atoms with Gasteiger partial charge in [-0.25, -0.2) is 0 Å².